The molecule has 0 fully saturated rings. The summed E-state index contributed by atoms with van der Waals surface area (Å²) in [5.74, 6) is -0.966. The highest BCUT2D eigenvalue weighted by atomic mass is 32.1. The first-order valence-electron chi connectivity index (χ1n) is 5.10. The molecule has 0 radical (unpaired) electrons. The Labute approximate surface area is 95.7 Å². The summed E-state index contributed by atoms with van der Waals surface area (Å²) in [6.07, 6.45) is 4.96. The van der Waals surface area contributed by atoms with Gasteiger partial charge in [-0.3, -0.25) is 0 Å². The molecule has 0 aromatic carbocycles. The van der Waals surface area contributed by atoms with Crippen LogP contribution in [0.25, 0.3) is 10.2 Å². The van der Waals surface area contributed by atoms with Gasteiger partial charge < -0.3 is 10.8 Å². The van der Waals surface area contributed by atoms with Crippen LogP contribution < -0.4 is 5.73 Å². The number of fused-ring (bicyclic) bond motifs is 3. The first-order valence-corrected chi connectivity index (χ1v) is 5.92. The number of rotatable bonds is 1. The Morgan fingerprint density at radius 3 is 3.06 bits per heavy atom. The van der Waals surface area contributed by atoms with E-state index in [1.807, 2.05) is 6.20 Å². The summed E-state index contributed by atoms with van der Waals surface area (Å²) in [6, 6.07) is 0. The van der Waals surface area contributed by atoms with Crippen molar-refractivity contribution in [3.8, 4) is 0 Å². The van der Waals surface area contributed by atoms with Crippen molar-refractivity contribution in [1.82, 2.24) is 4.98 Å². The standard InChI is InChI=1S/C11H10N2O2S/c12-8-7-6-3-1-2-5(6)4-13-10(7)16-9(8)11(14)15/h4H,1-3,12H2,(H,14,15). The molecule has 3 N–H and O–H groups in total. The lowest BCUT2D eigenvalue weighted by Gasteiger charge is -2.00. The smallest absolute Gasteiger partial charge is 0.348 e. The van der Waals surface area contributed by atoms with Crippen LogP contribution in [-0.4, -0.2) is 16.1 Å². The van der Waals surface area contributed by atoms with Gasteiger partial charge in [-0.05, 0) is 30.4 Å². The minimum absolute atomic E-state index is 0.211. The summed E-state index contributed by atoms with van der Waals surface area (Å²) >= 11 is 1.16. The van der Waals surface area contributed by atoms with Gasteiger partial charge in [0.2, 0.25) is 0 Å². The van der Waals surface area contributed by atoms with E-state index < -0.39 is 5.97 Å². The molecule has 2 aromatic rings. The summed E-state index contributed by atoms with van der Waals surface area (Å²) in [6.45, 7) is 0. The third-order valence-corrected chi connectivity index (χ3v) is 4.12. The number of hydrogen-bond donors (Lipinski definition) is 2. The van der Waals surface area contributed by atoms with E-state index in [2.05, 4.69) is 4.98 Å². The van der Waals surface area contributed by atoms with E-state index in [1.165, 1.54) is 11.1 Å². The average Bonchev–Trinajstić information content (AvgIpc) is 2.81. The molecule has 0 aliphatic heterocycles. The average molecular weight is 234 g/mol. The highest BCUT2D eigenvalue weighted by molar-refractivity contribution is 7.21. The van der Waals surface area contributed by atoms with Crippen LogP contribution in [-0.2, 0) is 12.8 Å². The molecule has 0 spiro atoms. The molecule has 2 aromatic heterocycles. The maximum atomic E-state index is 11.0. The fraction of sp³-hybridized carbons (Fsp3) is 0.273. The van der Waals surface area contributed by atoms with Gasteiger partial charge in [0.15, 0.2) is 0 Å². The van der Waals surface area contributed by atoms with Crippen LogP contribution in [0.2, 0.25) is 0 Å². The van der Waals surface area contributed by atoms with Gasteiger partial charge in [-0.25, -0.2) is 9.78 Å². The van der Waals surface area contributed by atoms with Crippen molar-refractivity contribution in [2.45, 2.75) is 19.3 Å². The maximum Gasteiger partial charge on any atom is 0.348 e. The van der Waals surface area contributed by atoms with Gasteiger partial charge in [-0.15, -0.1) is 11.3 Å². The zero-order chi connectivity index (χ0) is 11.3. The number of carboxylic acid groups (broad SMARTS) is 1. The Bertz CT molecular complexity index is 604. The van der Waals surface area contributed by atoms with Crippen molar-refractivity contribution >= 4 is 33.2 Å². The molecule has 5 heteroatoms. The first-order chi connectivity index (χ1) is 7.68. The number of aromatic nitrogens is 1. The number of hydrogen-bond acceptors (Lipinski definition) is 4. The Morgan fingerprint density at radius 1 is 1.50 bits per heavy atom. The molecule has 3 rings (SSSR count). The third kappa shape index (κ3) is 1.15. The van der Waals surface area contributed by atoms with Crippen LogP contribution in [0.15, 0.2) is 6.20 Å². The summed E-state index contributed by atoms with van der Waals surface area (Å²) < 4.78 is 0. The molecule has 82 valence electrons. The first kappa shape index (κ1) is 9.59. The Morgan fingerprint density at radius 2 is 2.31 bits per heavy atom. The third-order valence-electron chi connectivity index (χ3n) is 3.02. The molecular formula is C11H10N2O2S. The number of nitrogen functional groups attached to an aromatic ring is 1. The van der Waals surface area contributed by atoms with Crippen molar-refractivity contribution in [3.63, 3.8) is 0 Å². The van der Waals surface area contributed by atoms with Crippen LogP contribution in [0.1, 0.15) is 27.2 Å². The van der Waals surface area contributed by atoms with Gasteiger partial charge in [-0.2, -0.15) is 0 Å². The second kappa shape index (κ2) is 3.18. The normalized spacial score (nSPS) is 14.2. The summed E-state index contributed by atoms with van der Waals surface area (Å²) in [7, 11) is 0. The molecule has 0 atom stereocenters. The molecule has 4 nitrogen and oxygen atoms in total. The summed E-state index contributed by atoms with van der Waals surface area (Å²) in [5, 5.41) is 9.89. The second-order valence-electron chi connectivity index (χ2n) is 3.95. The van der Waals surface area contributed by atoms with Crippen LogP contribution in [0.4, 0.5) is 5.69 Å². The molecule has 16 heavy (non-hydrogen) atoms. The van der Waals surface area contributed by atoms with Gasteiger partial charge in [-0.1, -0.05) is 0 Å². The van der Waals surface area contributed by atoms with Crippen LogP contribution in [0.5, 0.6) is 0 Å². The monoisotopic (exact) mass is 234 g/mol. The van der Waals surface area contributed by atoms with Crippen molar-refractivity contribution < 1.29 is 9.90 Å². The van der Waals surface area contributed by atoms with Gasteiger partial charge in [0.1, 0.15) is 9.71 Å². The maximum absolute atomic E-state index is 11.0. The Hall–Kier alpha value is -1.62. The Balaban J connectivity index is 2.39. The molecule has 0 unspecified atom stereocenters. The molecule has 2 heterocycles. The number of nitrogens with zero attached hydrogens (tertiary/aromatic N) is 1. The molecule has 0 bridgehead atoms. The fourth-order valence-corrected chi connectivity index (χ4v) is 3.24. The Kier molecular flexibility index (Phi) is 1.91. The van der Waals surface area contributed by atoms with E-state index in [4.69, 9.17) is 10.8 Å². The highest BCUT2D eigenvalue weighted by Crippen LogP contribution is 2.38. The summed E-state index contributed by atoms with van der Waals surface area (Å²) in [4.78, 5) is 16.2. The number of nitrogens with two attached hydrogens (primary N) is 1. The van der Waals surface area contributed by atoms with E-state index in [-0.39, 0.29) is 4.88 Å². The molecule has 1 aliphatic carbocycles. The number of aryl methyl sites for hydroxylation is 2. The van der Waals surface area contributed by atoms with Crippen LogP contribution in [0.3, 0.4) is 0 Å². The van der Waals surface area contributed by atoms with E-state index in [9.17, 15) is 4.79 Å². The van der Waals surface area contributed by atoms with Crippen LogP contribution >= 0.6 is 11.3 Å². The lowest BCUT2D eigenvalue weighted by Crippen LogP contribution is -1.98. The van der Waals surface area contributed by atoms with E-state index >= 15 is 0 Å². The number of aromatic carboxylic acids is 1. The predicted octanol–water partition coefficient (Wildman–Crippen LogP) is 2.07. The zero-order valence-electron chi connectivity index (χ0n) is 8.49. The van der Waals surface area contributed by atoms with Gasteiger partial charge in [0.05, 0.1) is 5.69 Å². The molecule has 1 aliphatic rings. The predicted molar refractivity (Wildman–Crippen MR) is 63.0 cm³/mol. The fourth-order valence-electron chi connectivity index (χ4n) is 2.30. The summed E-state index contributed by atoms with van der Waals surface area (Å²) in [5.41, 5.74) is 8.71. The van der Waals surface area contributed by atoms with Gasteiger partial charge >= 0.3 is 5.97 Å². The number of carbonyl (C=O) groups is 1. The van der Waals surface area contributed by atoms with Crippen molar-refractivity contribution in [1.29, 1.82) is 0 Å². The van der Waals surface area contributed by atoms with Crippen molar-refractivity contribution in [3.05, 3.63) is 22.2 Å². The van der Waals surface area contributed by atoms with Crippen molar-refractivity contribution in [2.75, 3.05) is 5.73 Å². The van der Waals surface area contributed by atoms with Crippen LogP contribution in [0, 0.1) is 0 Å². The zero-order valence-corrected chi connectivity index (χ0v) is 9.30. The molecular weight excluding hydrogens is 224 g/mol. The molecule has 0 amide bonds. The lowest BCUT2D eigenvalue weighted by atomic mass is 10.1. The number of pyridine rings is 1. The second-order valence-corrected chi connectivity index (χ2v) is 4.94. The van der Waals surface area contributed by atoms with E-state index in [0.29, 0.717) is 5.69 Å². The van der Waals surface area contributed by atoms with E-state index in [1.54, 1.807) is 0 Å². The number of carboxylic acids is 1. The minimum atomic E-state index is -0.966. The largest absolute Gasteiger partial charge is 0.477 e. The number of thiophene rings is 1. The number of anilines is 1. The van der Waals surface area contributed by atoms with Gasteiger partial charge in [0.25, 0.3) is 0 Å². The van der Waals surface area contributed by atoms with Crippen molar-refractivity contribution in [2.24, 2.45) is 0 Å². The quantitative estimate of drug-likeness (QED) is 0.791. The SMILES string of the molecule is Nc1c(C(=O)O)sc2ncc3c(c12)CCC3. The molecule has 0 saturated heterocycles. The highest BCUT2D eigenvalue weighted by Gasteiger charge is 2.22. The molecule has 0 saturated carbocycles. The topological polar surface area (TPSA) is 76.2 Å². The lowest BCUT2D eigenvalue weighted by molar-refractivity contribution is 0.0703. The van der Waals surface area contributed by atoms with Gasteiger partial charge in [0, 0.05) is 11.6 Å². The minimum Gasteiger partial charge on any atom is -0.477 e. The van der Waals surface area contributed by atoms with E-state index in [0.717, 1.165) is 40.8 Å².